The first kappa shape index (κ1) is 16.0. The van der Waals surface area contributed by atoms with E-state index in [1.54, 1.807) is 0 Å². The van der Waals surface area contributed by atoms with Crippen molar-refractivity contribution in [1.82, 2.24) is 4.90 Å². The van der Waals surface area contributed by atoms with Gasteiger partial charge in [-0.15, -0.1) is 0 Å². The third-order valence-corrected chi connectivity index (χ3v) is 4.28. The normalized spacial score (nSPS) is 22.6. The zero-order valence-electron chi connectivity index (χ0n) is 13.5. The molecule has 1 amide bonds. The quantitative estimate of drug-likeness (QED) is 0.926. The van der Waals surface area contributed by atoms with Gasteiger partial charge in [0.2, 0.25) is 5.91 Å². The summed E-state index contributed by atoms with van der Waals surface area (Å²) in [6.07, 6.45) is 2.65. The number of rotatable bonds is 4. The van der Waals surface area contributed by atoms with Gasteiger partial charge in [-0.3, -0.25) is 4.79 Å². The highest BCUT2D eigenvalue weighted by Crippen LogP contribution is 2.27. The van der Waals surface area contributed by atoms with Crippen LogP contribution in [-0.2, 0) is 11.2 Å². The molecule has 1 aliphatic heterocycles. The van der Waals surface area contributed by atoms with Gasteiger partial charge in [-0.25, -0.2) is 0 Å². The van der Waals surface area contributed by atoms with Crippen LogP contribution in [-0.4, -0.2) is 29.9 Å². The second kappa shape index (κ2) is 7.08. The van der Waals surface area contributed by atoms with Gasteiger partial charge in [0.1, 0.15) is 0 Å². The Bertz CT molecular complexity index is 467. The van der Waals surface area contributed by atoms with Gasteiger partial charge >= 0.3 is 0 Å². The van der Waals surface area contributed by atoms with Crippen molar-refractivity contribution in [2.75, 3.05) is 13.1 Å². The number of carbonyl (C=O) groups is 1. The monoisotopic (exact) mass is 288 g/mol. The molecule has 2 rings (SSSR count). The van der Waals surface area contributed by atoms with Crippen molar-refractivity contribution >= 4 is 5.91 Å². The number of amides is 1. The van der Waals surface area contributed by atoms with E-state index in [1.807, 2.05) is 4.90 Å². The van der Waals surface area contributed by atoms with Crippen molar-refractivity contribution < 1.29 is 4.79 Å². The molecule has 0 aliphatic carbocycles. The summed E-state index contributed by atoms with van der Waals surface area (Å²) in [5, 5.41) is 0. The number of nitrogens with two attached hydrogens (primary N) is 1. The topological polar surface area (TPSA) is 46.3 Å². The minimum Gasteiger partial charge on any atom is -0.341 e. The number of likely N-dealkylation sites (tertiary alicyclic amines) is 1. The van der Waals surface area contributed by atoms with Gasteiger partial charge in [0.15, 0.2) is 0 Å². The van der Waals surface area contributed by atoms with E-state index in [2.05, 4.69) is 45.0 Å². The van der Waals surface area contributed by atoms with Gasteiger partial charge in [-0.05, 0) is 29.9 Å². The van der Waals surface area contributed by atoms with E-state index in [1.165, 1.54) is 11.1 Å². The highest BCUT2D eigenvalue weighted by atomic mass is 16.2. The Balaban J connectivity index is 2.07. The van der Waals surface area contributed by atoms with Gasteiger partial charge in [-0.1, -0.05) is 45.0 Å². The average Bonchev–Trinajstić information content (AvgIpc) is 2.46. The Hall–Kier alpha value is -1.35. The molecule has 21 heavy (non-hydrogen) atoms. The standard InChI is InChI=1S/C18H28N2O/c1-4-14-5-7-15(8-6-14)16-10-17(19)12-20(11-16)18(21)9-13(2)3/h5-8,13,16-17H,4,9-12,19H2,1-3H3. The summed E-state index contributed by atoms with van der Waals surface area (Å²) in [5.41, 5.74) is 8.85. The molecular formula is C18H28N2O. The molecule has 0 saturated carbocycles. The van der Waals surface area contributed by atoms with Crippen LogP contribution in [0.25, 0.3) is 0 Å². The summed E-state index contributed by atoms with van der Waals surface area (Å²) < 4.78 is 0. The molecule has 1 heterocycles. The second-order valence-electron chi connectivity index (χ2n) is 6.68. The van der Waals surface area contributed by atoms with Crippen LogP contribution >= 0.6 is 0 Å². The zero-order chi connectivity index (χ0) is 15.4. The number of carbonyl (C=O) groups excluding carboxylic acids is 1. The zero-order valence-corrected chi connectivity index (χ0v) is 13.5. The minimum atomic E-state index is 0.0886. The van der Waals surface area contributed by atoms with Crippen molar-refractivity contribution in [3.63, 3.8) is 0 Å². The molecule has 0 spiro atoms. The summed E-state index contributed by atoms with van der Waals surface area (Å²) >= 11 is 0. The number of benzene rings is 1. The molecule has 116 valence electrons. The van der Waals surface area contributed by atoms with Crippen molar-refractivity contribution in [2.45, 2.75) is 52.0 Å². The minimum absolute atomic E-state index is 0.0886. The maximum Gasteiger partial charge on any atom is 0.222 e. The summed E-state index contributed by atoms with van der Waals surface area (Å²) in [7, 11) is 0. The Kier molecular flexibility index (Phi) is 5.40. The van der Waals surface area contributed by atoms with Gasteiger partial charge in [0.25, 0.3) is 0 Å². The molecule has 2 unspecified atom stereocenters. The lowest BCUT2D eigenvalue weighted by Gasteiger charge is -2.37. The van der Waals surface area contributed by atoms with Crippen molar-refractivity contribution in [1.29, 1.82) is 0 Å². The Morgan fingerprint density at radius 2 is 1.95 bits per heavy atom. The van der Waals surface area contributed by atoms with Crippen LogP contribution in [0.3, 0.4) is 0 Å². The number of aryl methyl sites for hydroxylation is 1. The van der Waals surface area contributed by atoms with E-state index in [0.717, 1.165) is 19.4 Å². The predicted molar refractivity (Wildman–Crippen MR) is 87.2 cm³/mol. The lowest BCUT2D eigenvalue weighted by atomic mass is 9.87. The molecule has 3 nitrogen and oxygen atoms in total. The van der Waals surface area contributed by atoms with Crippen molar-refractivity contribution in [3.05, 3.63) is 35.4 Å². The smallest absolute Gasteiger partial charge is 0.222 e. The number of nitrogens with zero attached hydrogens (tertiary/aromatic N) is 1. The highest BCUT2D eigenvalue weighted by molar-refractivity contribution is 5.76. The SMILES string of the molecule is CCc1ccc(C2CC(N)CN(C(=O)CC(C)C)C2)cc1. The highest BCUT2D eigenvalue weighted by Gasteiger charge is 2.29. The lowest BCUT2D eigenvalue weighted by molar-refractivity contribution is -0.133. The number of hydrogen-bond acceptors (Lipinski definition) is 2. The fraction of sp³-hybridized carbons (Fsp3) is 0.611. The van der Waals surface area contributed by atoms with Crippen molar-refractivity contribution in [3.8, 4) is 0 Å². The predicted octanol–water partition coefficient (Wildman–Crippen LogP) is 2.94. The van der Waals surface area contributed by atoms with Gasteiger partial charge < -0.3 is 10.6 Å². The Morgan fingerprint density at radius 1 is 1.29 bits per heavy atom. The van der Waals surface area contributed by atoms with Crippen LogP contribution in [0.15, 0.2) is 24.3 Å². The molecule has 1 fully saturated rings. The molecule has 1 saturated heterocycles. The molecular weight excluding hydrogens is 260 g/mol. The summed E-state index contributed by atoms with van der Waals surface area (Å²) in [5.74, 6) is 1.02. The second-order valence-corrected chi connectivity index (χ2v) is 6.68. The molecule has 1 aliphatic rings. The number of piperidine rings is 1. The molecule has 1 aromatic carbocycles. The summed E-state index contributed by atoms with van der Waals surface area (Å²) in [4.78, 5) is 14.3. The third kappa shape index (κ3) is 4.31. The van der Waals surface area contributed by atoms with Gasteiger partial charge in [0.05, 0.1) is 0 Å². The molecule has 0 bridgehead atoms. The molecule has 2 atom stereocenters. The largest absolute Gasteiger partial charge is 0.341 e. The Labute approximate surface area is 128 Å². The van der Waals surface area contributed by atoms with Crippen LogP contribution in [0.2, 0.25) is 0 Å². The molecule has 1 aromatic rings. The van der Waals surface area contributed by atoms with Crippen molar-refractivity contribution in [2.24, 2.45) is 11.7 Å². The fourth-order valence-corrected chi connectivity index (χ4v) is 3.09. The van der Waals surface area contributed by atoms with Crippen LogP contribution < -0.4 is 5.73 Å². The lowest BCUT2D eigenvalue weighted by Crippen LogP contribution is -2.48. The summed E-state index contributed by atoms with van der Waals surface area (Å²) in [6, 6.07) is 8.87. The first-order valence-corrected chi connectivity index (χ1v) is 8.11. The number of hydrogen-bond donors (Lipinski definition) is 1. The van der Waals surface area contributed by atoms with E-state index in [9.17, 15) is 4.79 Å². The first-order chi connectivity index (χ1) is 9.99. The maximum absolute atomic E-state index is 12.3. The molecule has 0 radical (unpaired) electrons. The third-order valence-electron chi connectivity index (χ3n) is 4.28. The van der Waals surface area contributed by atoms with Crippen LogP contribution in [0, 0.1) is 5.92 Å². The fourth-order valence-electron chi connectivity index (χ4n) is 3.09. The summed E-state index contributed by atoms with van der Waals surface area (Å²) in [6.45, 7) is 7.85. The molecule has 2 N–H and O–H groups in total. The van der Waals surface area contributed by atoms with Gasteiger partial charge in [0, 0.05) is 31.5 Å². The Morgan fingerprint density at radius 3 is 2.52 bits per heavy atom. The molecule has 0 aromatic heterocycles. The van der Waals surface area contributed by atoms with E-state index in [4.69, 9.17) is 5.73 Å². The van der Waals surface area contributed by atoms with E-state index in [-0.39, 0.29) is 11.9 Å². The maximum atomic E-state index is 12.3. The van der Waals surface area contributed by atoms with Crippen LogP contribution in [0.1, 0.15) is 50.7 Å². The van der Waals surface area contributed by atoms with E-state index in [0.29, 0.717) is 24.8 Å². The van der Waals surface area contributed by atoms with E-state index < -0.39 is 0 Å². The average molecular weight is 288 g/mol. The molecule has 3 heteroatoms. The first-order valence-electron chi connectivity index (χ1n) is 8.11. The van der Waals surface area contributed by atoms with Crippen LogP contribution in [0.5, 0.6) is 0 Å². The van der Waals surface area contributed by atoms with Gasteiger partial charge in [-0.2, -0.15) is 0 Å². The van der Waals surface area contributed by atoms with Crippen LogP contribution in [0.4, 0.5) is 0 Å². The van der Waals surface area contributed by atoms with E-state index >= 15 is 0 Å².